The van der Waals surface area contributed by atoms with E-state index in [1.54, 1.807) is 31.3 Å². The second-order valence-electron chi connectivity index (χ2n) is 8.77. The topological polar surface area (TPSA) is 135 Å². The molecular weight excluding hydrogens is 506 g/mol. The molecule has 12 heteroatoms. The van der Waals surface area contributed by atoms with Gasteiger partial charge in [-0.05, 0) is 49.6 Å². The van der Waals surface area contributed by atoms with E-state index in [1.807, 2.05) is 44.2 Å². The van der Waals surface area contributed by atoms with Crippen LogP contribution in [0.2, 0.25) is 0 Å². The maximum atomic E-state index is 13.6. The number of hydrogen-bond donors (Lipinski definition) is 2. The zero-order chi connectivity index (χ0) is 27.0. The minimum atomic E-state index is -1.27. The van der Waals surface area contributed by atoms with Crippen LogP contribution in [0.15, 0.2) is 47.0 Å². The van der Waals surface area contributed by atoms with Crippen molar-refractivity contribution in [2.24, 2.45) is 4.40 Å². The molecule has 0 unspecified atom stereocenters. The second-order valence-corrected chi connectivity index (χ2v) is 9.49. The van der Waals surface area contributed by atoms with E-state index in [-0.39, 0.29) is 18.3 Å². The summed E-state index contributed by atoms with van der Waals surface area (Å²) in [6, 6.07) is 11.1. The number of methoxy groups -OCH3 is 1. The highest BCUT2D eigenvalue weighted by Crippen LogP contribution is 2.38. The van der Waals surface area contributed by atoms with Crippen LogP contribution in [0.3, 0.4) is 0 Å². The van der Waals surface area contributed by atoms with Crippen molar-refractivity contribution >= 4 is 35.5 Å². The summed E-state index contributed by atoms with van der Waals surface area (Å²) in [6.45, 7) is 4.03. The van der Waals surface area contributed by atoms with Crippen molar-refractivity contribution in [1.29, 1.82) is 0 Å². The number of benzene rings is 1. The lowest BCUT2D eigenvalue weighted by Gasteiger charge is -2.17. The Hall–Kier alpha value is -4.45. The lowest BCUT2D eigenvalue weighted by atomic mass is 10.1. The summed E-state index contributed by atoms with van der Waals surface area (Å²) < 4.78 is 9.89. The predicted octanol–water partition coefficient (Wildman–Crippen LogP) is 3.90. The van der Waals surface area contributed by atoms with E-state index in [2.05, 4.69) is 19.8 Å². The molecule has 0 radical (unpaired) electrons. The summed E-state index contributed by atoms with van der Waals surface area (Å²) in [5, 5.41) is 21.1. The van der Waals surface area contributed by atoms with E-state index in [4.69, 9.17) is 9.84 Å². The molecule has 0 atom stereocenters. The number of hydrogen-bond acceptors (Lipinski definition) is 8. The molecule has 0 saturated carbocycles. The van der Waals surface area contributed by atoms with Crippen LogP contribution >= 0.6 is 11.9 Å². The van der Waals surface area contributed by atoms with E-state index in [0.717, 1.165) is 34.5 Å². The predicted molar refractivity (Wildman–Crippen MR) is 144 cm³/mol. The SMILES string of the molecule is COc1c(C)cnc(Cn2nc3cc(C(=O)N(C)c4ccccc4)c4c-3c(n2)C(NC(=O)O)=NSC4)c1C. The summed E-state index contributed by atoms with van der Waals surface area (Å²) in [4.78, 5) is 32.7. The number of amidine groups is 1. The quantitative estimate of drug-likeness (QED) is 0.370. The Morgan fingerprint density at radius 1 is 1.21 bits per heavy atom. The van der Waals surface area contributed by atoms with Gasteiger partial charge in [0.15, 0.2) is 5.84 Å². The first-order valence-corrected chi connectivity index (χ1v) is 12.7. The third-order valence-corrected chi connectivity index (χ3v) is 7.10. The number of rotatable bonds is 5. The number of aromatic nitrogens is 4. The molecule has 2 aliphatic heterocycles. The number of nitrogens with zero attached hydrogens (tertiary/aromatic N) is 6. The van der Waals surface area contributed by atoms with Crippen molar-refractivity contribution in [2.75, 3.05) is 19.1 Å². The maximum Gasteiger partial charge on any atom is 0.410 e. The molecule has 0 bridgehead atoms. The number of carboxylic acid groups (broad SMARTS) is 1. The van der Waals surface area contributed by atoms with Gasteiger partial charge in [-0.2, -0.15) is 19.4 Å². The van der Waals surface area contributed by atoms with Crippen molar-refractivity contribution < 1.29 is 19.4 Å². The summed E-state index contributed by atoms with van der Waals surface area (Å²) >= 11 is 1.14. The molecule has 2 aromatic rings. The van der Waals surface area contributed by atoms with Crippen LogP contribution in [0.5, 0.6) is 5.75 Å². The zero-order valence-electron chi connectivity index (χ0n) is 21.2. The van der Waals surface area contributed by atoms with Gasteiger partial charge in [-0.3, -0.25) is 15.1 Å². The van der Waals surface area contributed by atoms with E-state index in [0.29, 0.717) is 39.5 Å². The fourth-order valence-corrected chi connectivity index (χ4v) is 5.27. The van der Waals surface area contributed by atoms with Crippen LogP contribution in [0.25, 0.3) is 11.3 Å². The summed E-state index contributed by atoms with van der Waals surface area (Å²) in [7, 11) is 3.32. The zero-order valence-corrected chi connectivity index (χ0v) is 22.0. The molecule has 0 saturated heterocycles. The summed E-state index contributed by atoms with van der Waals surface area (Å²) in [5.41, 5.74) is 5.78. The highest BCUT2D eigenvalue weighted by atomic mass is 32.2. The fraction of sp³-hybridized carbons (Fsp3) is 0.231. The number of carbonyl (C=O) groups is 2. The molecule has 0 fully saturated rings. The Labute approximate surface area is 223 Å². The first kappa shape index (κ1) is 25.2. The van der Waals surface area contributed by atoms with Crippen LogP contribution < -0.4 is 15.0 Å². The molecule has 3 heterocycles. The molecule has 2 N–H and O–H groups in total. The van der Waals surface area contributed by atoms with E-state index in [1.165, 1.54) is 4.80 Å². The van der Waals surface area contributed by atoms with Gasteiger partial charge in [-0.25, -0.2) is 4.79 Å². The van der Waals surface area contributed by atoms with Crippen molar-refractivity contribution in [3.63, 3.8) is 0 Å². The third kappa shape index (κ3) is 4.54. The van der Waals surface area contributed by atoms with Gasteiger partial charge in [-0.1, -0.05) is 18.2 Å². The smallest absolute Gasteiger partial charge is 0.410 e. The van der Waals surface area contributed by atoms with Gasteiger partial charge < -0.3 is 14.7 Å². The second kappa shape index (κ2) is 10.1. The average molecular weight is 532 g/mol. The highest BCUT2D eigenvalue weighted by Gasteiger charge is 2.32. The van der Waals surface area contributed by atoms with Gasteiger partial charge in [0.2, 0.25) is 0 Å². The van der Waals surface area contributed by atoms with Gasteiger partial charge in [0, 0.05) is 46.9 Å². The summed E-state index contributed by atoms with van der Waals surface area (Å²) in [5.74, 6) is 0.953. The number of carbonyl (C=O) groups excluding carboxylic acids is 1. The average Bonchev–Trinajstić information content (AvgIpc) is 3.17. The number of nitrogens with one attached hydrogen (secondary N) is 1. The molecule has 1 aromatic carbocycles. The number of ether oxygens (including phenoxy) is 1. The number of aryl methyl sites for hydroxylation is 1. The number of para-hydroxylation sites is 1. The maximum absolute atomic E-state index is 13.6. The Balaban J connectivity index is 1.64. The fourth-order valence-electron chi connectivity index (χ4n) is 4.52. The third-order valence-electron chi connectivity index (χ3n) is 6.37. The normalized spacial score (nSPS) is 12.6. The number of amides is 2. The molecule has 38 heavy (non-hydrogen) atoms. The molecule has 1 aliphatic carbocycles. The van der Waals surface area contributed by atoms with Crippen LogP contribution in [0.4, 0.5) is 10.5 Å². The van der Waals surface area contributed by atoms with Crippen LogP contribution in [-0.2, 0) is 12.3 Å². The van der Waals surface area contributed by atoms with E-state index in [9.17, 15) is 14.7 Å². The van der Waals surface area contributed by atoms with Crippen molar-refractivity contribution in [3.05, 3.63) is 76.2 Å². The minimum Gasteiger partial charge on any atom is -0.496 e. The van der Waals surface area contributed by atoms with Crippen molar-refractivity contribution in [2.45, 2.75) is 26.1 Å². The molecular formula is C26H25N7O4S. The van der Waals surface area contributed by atoms with Gasteiger partial charge in [0.25, 0.3) is 5.91 Å². The van der Waals surface area contributed by atoms with Crippen molar-refractivity contribution in [3.8, 4) is 17.0 Å². The first-order chi connectivity index (χ1) is 18.3. The molecule has 3 aliphatic rings. The standard InChI is InChI=1S/C26H25N7O4S/c1-14-11-27-20(15(2)23(14)37-4)12-33-29-19-10-17(25(34)32(3)16-8-6-5-7-9-16)18-13-38-31-24(28-26(35)36)22(30-33)21(18)19/h5-11H,12-13H2,1-4H3,(H,28,31)(H,35,36). The van der Waals surface area contributed by atoms with E-state index >= 15 is 0 Å². The number of anilines is 1. The Morgan fingerprint density at radius 2 is 1.97 bits per heavy atom. The van der Waals surface area contributed by atoms with Crippen LogP contribution in [-0.4, -0.2) is 57.1 Å². The van der Waals surface area contributed by atoms with Gasteiger partial charge in [0.1, 0.15) is 18.0 Å². The minimum absolute atomic E-state index is 0.0783. The lowest BCUT2D eigenvalue weighted by Crippen LogP contribution is -2.32. The Morgan fingerprint density at radius 3 is 2.68 bits per heavy atom. The van der Waals surface area contributed by atoms with Crippen molar-refractivity contribution in [1.82, 2.24) is 25.3 Å². The first-order valence-electron chi connectivity index (χ1n) is 11.7. The summed E-state index contributed by atoms with van der Waals surface area (Å²) in [6.07, 6.45) is 0.459. The van der Waals surface area contributed by atoms with Crippen LogP contribution in [0, 0.1) is 13.8 Å². The highest BCUT2D eigenvalue weighted by molar-refractivity contribution is 7.97. The Bertz CT molecular complexity index is 1550. The lowest BCUT2D eigenvalue weighted by molar-refractivity contribution is 0.0992. The molecule has 1 aromatic heterocycles. The largest absolute Gasteiger partial charge is 0.496 e. The monoisotopic (exact) mass is 531 g/mol. The number of pyridine rings is 1. The molecule has 2 amide bonds. The van der Waals surface area contributed by atoms with Gasteiger partial charge in [-0.15, -0.1) is 0 Å². The molecule has 194 valence electrons. The van der Waals surface area contributed by atoms with E-state index < -0.39 is 6.09 Å². The van der Waals surface area contributed by atoms with Gasteiger partial charge in [0.05, 0.1) is 18.5 Å². The molecule has 0 spiro atoms. The molecule has 5 rings (SSSR count). The Kier molecular flexibility index (Phi) is 6.72. The van der Waals surface area contributed by atoms with Gasteiger partial charge >= 0.3 is 6.09 Å². The molecule has 11 nitrogen and oxygen atoms in total. The van der Waals surface area contributed by atoms with Crippen LogP contribution in [0.1, 0.15) is 38.4 Å².